The Bertz CT molecular complexity index is 388. The molecule has 3 nitrogen and oxygen atoms in total. The molecule has 0 saturated heterocycles. The summed E-state index contributed by atoms with van der Waals surface area (Å²) in [5.74, 6) is 1.17. The lowest BCUT2D eigenvalue weighted by Gasteiger charge is -2.23. The Labute approximate surface area is 108 Å². The van der Waals surface area contributed by atoms with E-state index in [1.165, 1.54) is 7.11 Å². The topological polar surface area (TPSA) is 30.5 Å². The fraction of sp³-hybridized carbons (Fsp3) is 0.571. The van der Waals surface area contributed by atoms with Crippen molar-refractivity contribution in [3.8, 4) is 11.5 Å². The number of hydrogen-bond acceptors (Lipinski definition) is 3. The van der Waals surface area contributed by atoms with Crippen LogP contribution in [0.25, 0.3) is 0 Å². The van der Waals surface area contributed by atoms with E-state index >= 15 is 0 Å². The quantitative estimate of drug-likeness (QED) is 0.877. The van der Waals surface area contributed by atoms with Gasteiger partial charge >= 0.3 is 0 Å². The molecule has 0 aliphatic heterocycles. The highest BCUT2D eigenvalue weighted by molar-refractivity contribution is 5.41. The van der Waals surface area contributed by atoms with E-state index in [0.717, 1.165) is 0 Å². The highest BCUT2D eigenvalue weighted by Crippen LogP contribution is 2.31. The van der Waals surface area contributed by atoms with Crippen LogP contribution in [0.2, 0.25) is 0 Å². The summed E-state index contributed by atoms with van der Waals surface area (Å²) in [6.45, 7) is 6.25. The molecule has 1 N–H and O–H groups in total. The second-order valence-electron chi connectivity index (χ2n) is 5.21. The molecule has 0 aromatic heterocycles. The van der Waals surface area contributed by atoms with Gasteiger partial charge in [0.1, 0.15) is 17.7 Å². The van der Waals surface area contributed by atoms with Crippen LogP contribution in [0.1, 0.15) is 32.5 Å². The van der Waals surface area contributed by atoms with E-state index in [4.69, 9.17) is 9.47 Å². The number of rotatable bonds is 5. The van der Waals surface area contributed by atoms with Gasteiger partial charge in [-0.2, -0.15) is 0 Å². The first kappa shape index (κ1) is 14.8. The van der Waals surface area contributed by atoms with Crippen molar-refractivity contribution in [2.24, 2.45) is 0 Å². The first-order chi connectivity index (χ1) is 8.37. The van der Waals surface area contributed by atoms with Crippen molar-refractivity contribution < 1.29 is 13.9 Å². The van der Waals surface area contributed by atoms with Gasteiger partial charge in [-0.25, -0.2) is 4.39 Å². The van der Waals surface area contributed by atoms with Crippen LogP contribution in [0.4, 0.5) is 4.39 Å². The van der Waals surface area contributed by atoms with Crippen LogP contribution >= 0.6 is 0 Å². The van der Waals surface area contributed by atoms with Crippen LogP contribution in [0, 0.1) is 0 Å². The Kier molecular flexibility index (Phi) is 4.96. The molecule has 0 saturated carbocycles. The molecular formula is C14H22FNO2. The fourth-order valence-corrected chi connectivity index (χ4v) is 1.59. The third kappa shape index (κ3) is 4.18. The molecule has 0 amide bonds. The lowest BCUT2D eigenvalue weighted by Crippen LogP contribution is -2.37. The van der Waals surface area contributed by atoms with E-state index in [1.807, 2.05) is 20.8 Å². The Morgan fingerprint density at radius 2 is 1.89 bits per heavy atom. The molecule has 0 fully saturated rings. The minimum Gasteiger partial charge on any atom is -0.497 e. The lowest BCUT2D eigenvalue weighted by atomic mass is 10.1. The van der Waals surface area contributed by atoms with Gasteiger partial charge < -0.3 is 14.8 Å². The zero-order valence-corrected chi connectivity index (χ0v) is 11.7. The largest absolute Gasteiger partial charge is 0.497 e. The minimum atomic E-state index is -1.13. The molecule has 0 heterocycles. The van der Waals surface area contributed by atoms with Gasteiger partial charge in [-0.1, -0.05) is 0 Å². The molecule has 1 unspecified atom stereocenters. The van der Waals surface area contributed by atoms with Crippen LogP contribution in [0.15, 0.2) is 18.2 Å². The Morgan fingerprint density at radius 1 is 1.22 bits per heavy atom. The number of halogens is 1. The van der Waals surface area contributed by atoms with E-state index in [2.05, 4.69) is 5.32 Å². The summed E-state index contributed by atoms with van der Waals surface area (Å²) in [7, 11) is 3.10. The fourth-order valence-electron chi connectivity index (χ4n) is 1.59. The van der Waals surface area contributed by atoms with Crippen molar-refractivity contribution in [1.82, 2.24) is 5.32 Å². The SMILES string of the molecule is COc1ccc(OC)c(C(F)CNC(C)(C)C)c1. The molecule has 4 heteroatoms. The van der Waals surface area contributed by atoms with Gasteiger partial charge in [0.05, 0.1) is 14.2 Å². The molecule has 0 aliphatic carbocycles. The standard InChI is InChI=1S/C14H22FNO2/c1-14(2,3)16-9-12(15)11-8-10(17-4)6-7-13(11)18-5/h6-8,12,16H,9H2,1-5H3. The van der Waals surface area contributed by atoms with Crippen molar-refractivity contribution >= 4 is 0 Å². The third-order valence-corrected chi connectivity index (χ3v) is 2.59. The van der Waals surface area contributed by atoms with Gasteiger partial charge in [0, 0.05) is 17.6 Å². The Balaban J connectivity index is 2.85. The maximum absolute atomic E-state index is 14.2. The van der Waals surface area contributed by atoms with Crippen LogP contribution in [-0.4, -0.2) is 26.3 Å². The zero-order valence-electron chi connectivity index (χ0n) is 11.7. The summed E-state index contributed by atoms with van der Waals surface area (Å²) in [4.78, 5) is 0. The first-order valence-corrected chi connectivity index (χ1v) is 5.98. The molecule has 1 atom stereocenters. The molecule has 0 spiro atoms. The van der Waals surface area contributed by atoms with Crippen LogP contribution in [-0.2, 0) is 0 Å². The van der Waals surface area contributed by atoms with Gasteiger partial charge in [-0.15, -0.1) is 0 Å². The van der Waals surface area contributed by atoms with Crippen molar-refractivity contribution in [3.05, 3.63) is 23.8 Å². The van der Waals surface area contributed by atoms with Gasteiger partial charge in [-0.3, -0.25) is 0 Å². The van der Waals surface area contributed by atoms with Gasteiger partial charge in [0.15, 0.2) is 0 Å². The average molecular weight is 255 g/mol. The second-order valence-corrected chi connectivity index (χ2v) is 5.21. The van der Waals surface area contributed by atoms with E-state index in [0.29, 0.717) is 17.1 Å². The molecule has 1 aromatic carbocycles. The van der Waals surface area contributed by atoms with E-state index in [1.54, 1.807) is 25.3 Å². The molecule has 1 aromatic rings. The average Bonchev–Trinajstić information content (AvgIpc) is 2.34. The number of methoxy groups -OCH3 is 2. The molecular weight excluding hydrogens is 233 g/mol. The van der Waals surface area contributed by atoms with Gasteiger partial charge in [0.2, 0.25) is 0 Å². The Hall–Kier alpha value is -1.29. The van der Waals surface area contributed by atoms with Crippen molar-refractivity contribution in [3.63, 3.8) is 0 Å². The highest BCUT2D eigenvalue weighted by Gasteiger charge is 2.19. The van der Waals surface area contributed by atoms with Crippen molar-refractivity contribution in [2.45, 2.75) is 32.5 Å². The zero-order chi connectivity index (χ0) is 13.8. The first-order valence-electron chi connectivity index (χ1n) is 5.98. The smallest absolute Gasteiger partial charge is 0.141 e. The van der Waals surface area contributed by atoms with Crippen LogP contribution < -0.4 is 14.8 Å². The molecule has 18 heavy (non-hydrogen) atoms. The van der Waals surface area contributed by atoms with E-state index in [-0.39, 0.29) is 12.1 Å². The number of ether oxygens (including phenoxy) is 2. The summed E-state index contributed by atoms with van der Waals surface area (Å²) in [5.41, 5.74) is 0.393. The van der Waals surface area contributed by atoms with E-state index < -0.39 is 6.17 Å². The number of nitrogens with one attached hydrogen (secondary N) is 1. The predicted molar refractivity (Wildman–Crippen MR) is 71.2 cm³/mol. The maximum atomic E-state index is 14.2. The second kappa shape index (κ2) is 6.05. The molecule has 1 rings (SSSR count). The highest BCUT2D eigenvalue weighted by atomic mass is 19.1. The van der Waals surface area contributed by atoms with Gasteiger partial charge in [0.25, 0.3) is 0 Å². The molecule has 0 radical (unpaired) electrons. The number of benzene rings is 1. The summed E-state index contributed by atoms with van der Waals surface area (Å²) < 4.78 is 24.5. The maximum Gasteiger partial charge on any atom is 0.141 e. The molecule has 102 valence electrons. The van der Waals surface area contributed by atoms with E-state index in [9.17, 15) is 4.39 Å². The molecule has 0 bridgehead atoms. The van der Waals surface area contributed by atoms with Crippen molar-refractivity contribution in [1.29, 1.82) is 0 Å². The monoisotopic (exact) mass is 255 g/mol. The lowest BCUT2D eigenvalue weighted by molar-refractivity contribution is 0.281. The van der Waals surface area contributed by atoms with Crippen molar-refractivity contribution in [2.75, 3.05) is 20.8 Å². The van der Waals surface area contributed by atoms with Crippen LogP contribution in [0.3, 0.4) is 0 Å². The molecule has 0 aliphatic rings. The predicted octanol–water partition coefficient (Wildman–Crippen LogP) is 3.10. The summed E-state index contributed by atoms with van der Waals surface area (Å²) >= 11 is 0. The normalized spacial score (nSPS) is 13.2. The number of hydrogen-bond donors (Lipinski definition) is 1. The summed E-state index contributed by atoms with van der Waals surface area (Å²) in [5, 5.41) is 3.14. The van der Waals surface area contributed by atoms with Crippen LogP contribution in [0.5, 0.6) is 11.5 Å². The number of alkyl halides is 1. The minimum absolute atomic E-state index is 0.115. The third-order valence-electron chi connectivity index (χ3n) is 2.59. The summed E-state index contributed by atoms with van der Waals surface area (Å²) in [6, 6.07) is 5.15. The van der Waals surface area contributed by atoms with Gasteiger partial charge in [-0.05, 0) is 39.0 Å². The summed E-state index contributed by atoms with van der Waals surface area (Å²) in [6.07, 6.45) is -1.13. The Morgan fingerprint density at radius 3 is 2.39 bits per heavy atom.